The van der Waals surface area contributed by atoms with Gasteiger partial charge in [-0.1, -0.05) is 23.7 Å². The van der Waals surface area contributed by atoms with E-state index in [1.165, 1.54) is 0 Å². The summed E-state index contributed by atoms with van der Waals surface area (Å²) in [4.78, 5) is 0. The Morgan fingerprint density at radius 2 is 2.05 bits per heavy atom. The summed E-state index contributed by atoms with van der Waals surface area (Å²) in [5.41, 5.74) is -0.424. The molecule has 1 atom stereocenters. The number of para-hydroxylation sites is 1. The zero-order valence-corrected chi connectivity index (χ0v) is 12.2. The molecular weight excluding hydrogens is 278 g/mol. The molecule has 1 aromatic heterocycles. The summed E-state index contributed by atoms with van der Waals surface area (Å²) in [6, 6.07) is 8.75. The Balaban J connectivity index is 1.97. The highest BCUT2D eigenvalue weighted by Gasteiger charge is 2.26. The molecule has 1 heterocycles. The van der Waals surface area contributed by atoms with Gasteiger partial charge in [-0.2, -0.15) is 0 Å². The van der Waals surface area contributed by atoms with Crippen LogP contribution < -0.4 is 5.32 Å². The number of aryl methyl sites for hydroxylation is 1. The van der Waals surface area contributed by atoms with Gasteiger partial charge in [-0.15, -0.1) is 0 Å². The van der Waals surface area contributed by atoms with Crippen LogP contribution in [0.25, 0.3) is 0 Å². The molecule has 0 aliphatic heterocycles. The van der Waals surface area contributed by atoms with E-state index in [1.54, 1.807) is 31.2 Å². The van der Waals surface area contributed by atoms with E-state index in [9.17, 15) is 10.2 Å². The first kappa shape index (κ1) is 14.9. The van der Waals surface area contributed by atoms with Gasteiger partial charge in [0.25, 0.3) is 0 Å². The monoisotopic (exact) mass is 295 g/mol. The Hall–Kier alpha value is -1.49. The predicted octanol–water partition coefficient (Wildman–Crippen LogP) is 2.94. The van der Waals surface area contributed by atoms with E-state index >= 15 is 0 Å². The Morgan fingerprint density at radius 3 is 2.70 bits per heavy atom. The van der Waals surface area contributed by atoms with Crippen molar-refractivity contribution in [3.8, 4) is 5.75 Å². The Labute approximate surface area is 123 Å². The number of halogens is 1. The number of hydrogen-bond acceptors (Lipinski definition) is 4. The second-order valence-electron chi connectivity index (χ2n) is 5.04. The van der Waals surface area contributed by atoms with Crippen molar-refractivity contribution in [2.24, 2.45) is 0 Å². The van der Waals surface area contributed by atoms with Crippen molar-refractivity contribution in [3.05, 3.63) is 52.4 Å². The topological polar surface area (TPSA) is 65.6 Å². The molecule has 108 valence electrons. The Morgan fingerprint density at radius 1 is 1.30 bits per heavy atom. The molecule has 0 radical (unpaired) electrons. The van der Waals surface area contributed by atoms with Gasteiger partial charge in [-0.3, -0.25) is 0 Å². The van der Waals surface area contributed by atoms with E-state index in [0.29, 0.717) is 29.4 Å². The molecule has 5 heteroatoms. The standard InChI is InChI=1S/C15H18ClNO3/c1-10-6-7-13(20-10)15(2,19)9-17-8-11-4-3-5-12(16)14(11)18/h3-7,17-19H,8-9H2,1-2H3. The number of phenols is 1. The van der Waals surface area contributed by atoms with Crippen LogP contribution >= 0.6 is 11.6 Å². The third-order valence-electron chi connectivity index (χ3n) is 3.13. The van der Waals surface area contributed by atoms with Crippen LogP contribution in [0.1, 0.15) is 24.0 Å². The van der Waals surface area contributed by atoms with Crippen LogP contribution in [0.2, 0.25) is 5.02 Å². The fraction of sp³-hybridized carbons (Fsp3) is 0.333. The minimum absolute atomic E-state index is 0.0650. The summed E-state index contributed by atoms with van der Waals surface area (Å²) in [6.07, 6.45) is 0. The van der Waals surface area contributed by atoms with Gasteiger partial charge >= 0.3 is 0 Å². The van der Waals surface area contributed by atoms with Gasteiger partial charge in [0.2, 0.25) is 0 Å². The average Bonchev–Trinajstić information content (AvgIpc) is 2.82. The second-order valence-corrected chi connectivity index (χ2v) is 5.44. The normalized spacial score (nSPS) is 14.2. The lowest BCUT2D eigenvalue weighted by Crippen LogP contribution is -2.34. The number of rotatable bonds is 5. The molecule has 0 bridgehead atoms. The Kier molecular flexibility index (Phi) is 4.38. The number of hydrogen-bond donors (Lipinski definition) is 3. The van der Waals surface area contributed by atoms with E-state index in [0.717, 1.165) is 5.76 Å². The van der Waals surface area contributed by atoms with Gasteiger partial charge in [-0.05, 0) is 32.0 Å². The lowest BCUT2D eigenvalue weighted by atomic mass is 10.0. The molecular formula is C15H18ClNO3. The van der Waals surface area contributed by atoms with Gasteiger partial charge in [0.1, 0.15) is 22.9 Å². The van der Waals surface area contributed by atoms with Crippen molar-refractivity contribution in [3.63, 3.8) is 0 Å². The van der Waals surface area contributed by atoms with Crippen molar-refractivity contribution in [2.75, 3.05) is 6.54 Å². The molecule has 0 spiro atoms. The molecule has 4 nitrogen and oxygen atoms in total. The number of nitrogens with one attached hydrogen (secondary N) is 1. The van der Waals surface area contributed by atoms with E-state index < -0.39 is 5.60 Å². The van der Waals surface area contributed by atoms with Gasteiger partial charge in [0.15, 0.2) is 0 Å². The summed E-state index contributed by atoms with van der Waals surface area (Å²) in [6.45, 7) is 4.21. The third-order valence-corrected chi connectivity index (χ3v) is 3.43. The first-order valence-electron chi connectivity index (χ1n) is 6.36. The summed E-state index contributed by atoms with van der Waals surface area (Å²) in [5.74, 6) is 1.33. The molecule has 2 aromatic rings. The first-order chi connectivity index (χ1) is 9.40. The zero-order valence-electron chi connectivity index (χ0n) is 11.5. The minimum atomic E-state index is -1.11. The lowest BCUT2D eigenvalue weighted by Gasteiger charge is -2.21. The molecule has 3 N–H and O–H groups in total. The lowest BCUT2D eigenvalue weighted by molar-refractivity contribution is 0.0332. The molecule has 0 aliphatic carbocycles. The summed E-state index contributed by atoms with van der Waals surface area (Å²) < 4.78 is 5.43. The Bertz CT molecular complexity index is 593. The molecule has 1 unspecified atom stereocenters. The zero-order chi connectivity index (χ0) is 14.8. The van der Waals surface area contributed by atoms with Crippen LogP contribution in [-0.2, 0) is 12.1 Å². The van der Waals surface area contributed by atoms with Crippen LogP contribution in [0.15, 0.2) is 34.7 Å². The molecule has 0 saturated carbocycles. The fourth-order valence-electron chi connectivity index (χ4n) is 1.95. The van der Waals surface area contributed by atoms with E-state index in [-0.39, 0.29) is 5.75 Å². The third kappa shape index (κ3) is 3.33. The number of benzene rings is 1. The number of phenolic OH excluding ortho intramolecular Hbond substituents is 1. The number of furan rings is 1. The number of aliphatic hydroxyl groups is 1. The fourth-order valence-corrected chi connectivity index (χ4v) is 2.15. The van der Waals surface area contributed by atoms with Crippen LogP contribution in [0.4, 0.5) is 0 Å². The quantitative estimate of drug-likeness (QED) is 0.793. The highest BCUT2D eigenvalue weighted by atomic mass is 35.5. The molecule has 0 amide bonds. The maximum Gasteiger partial charge on any atom is 0.138 e. The molecule has 0 fully saturated rings. The predicted molar refractivity (Wildman–Crippen MR) is 77.8 cm³/mol. The van der Waals surface area contributed by atoms with Crippen molar-refractivity contribution in [1.82, 2.24) is 5.32 Å². The number of aromatic hydroxyl groups is 1. The van der Waals surface area contributed by atoms with Crippen molar-refractivity contribution in [1.29, 1.82) is 0 Å². The SMILES string of the molecule is Cc1ccc(C(C)(O)CNCc2cccc(Cl)c2O)o1. The molecule has 1 aromatic carbocycles. The average molecular weight is 296 g/mol. The maximum atomic E-state index is 10.4. The minimum Gasteiger partial charge on any atom is -0.506 e. The van der Waals surface area contributed by atoms with E-state index in [1.807, 2.05) is 13.0 Å². The van der Waals surface area contributed by atoms with E-state index in [4.69, 9.17) is 16.0 Å². The molecule has 0 saturated heterocycles. The van der Waals surface area contributed by atoms with Crippen molar-refractivity contribution < 1.29 is 14.6 Å². The second kappa shape index (κ2) is 5.87. The molecule has 20 heavy (non-hydrogen) atoms. The molecule has 2 rings (SSSR count). The summed E-state index contributed by atoms with van der Waals surface area (Å²) in [5, 5.41) is 23.6. The highest BCUT2D eigenvalue weighted by molar-refractivity contribution is 6.32. The first-order valence-corrected chi connectivity index (χ1v) is 6.74. The summed E-state index contributed by atoms with van der Waals surface area (Å²) >= 11 is 5.84. The van der Waals surface area contributed by atoms with Crippen LogP contribution in [0, 0.1) is 6.92 Å². The van der Waals surface area contributed by atoms with Crippen LogP contribution in [-0.4, -0.2) is 16.8 Å². The van der Waals surface area contributed by atoms with Crippen LogP contribution in [0.5, 0.6) is 5.75 Å². The van der Waals surface area contributed by atoms with Crippen molar-refractivity contribution >= 4 is 11.6 Å². The smallest absolute Gasteiger partial charge is 0.138 e. The molecule has 0 aliphatic rings. The van der Waals surface area contributed by atoms with E-state index in [2.05, 4.69) is 5.32 Å². The maximum absolute atomic E-state index is 10.4. The van der Waals surface area contributed by atoms with Crippen LogP contribution in [0.3, 0.4) is 0 Å². The largest absolute Gasteiger partial charge is 0.506 e. The van der Waals surface area contributed by atoms with Gasteiger partial charge in [0.05, 0.1) is 5.02 Å². The van der Waals surface area contributed by atoms with Gasteiger partial charge in [0, 0.05) is 18.7 Å². The highest BCUT2D eigenvalue weighted by Crippen LogP contribution is 2.27. The van der Waals surface area contributed by atoms with Gasteiger partial charge in [-0.25, -0.2) is 0 Å². The summed E-state index contributed by atoms with van der Waals surface area (Å²) in [7, 11) is 0. The van der Waals surface area contributed by atoms with Gasteiger partial charge < -0.3 is 19.9 Å². The van der Waals surface area contributed by atoms with Crippen molar-refractivity contribution in [2.45, 2.75) is 26.0 Å².